The number of carbonyl (C=O) groups is 2. The molecule has 4 rings (SSSR count). The summed E-state index contributed by atoms with van der Waals surface area (Å²) in [4.78, 5) is 27.4. The van der Waals surface area contributed by atoms with Crippen LogP contribution < -0.4 is 10.2 Å². The summed E-state index contributed by atoms with van der Waals surface area (Å²) in [6.45, 7) is 1.01. The molecule has 0 radical (unpaired) electrons. The fourth-order valence-corrected chi connectivity index (χ4v) is 4.67. The summed E-state index contributed by atoms with van der Waals surface area (Å²) >= 11 is 0. The largest absolute Gasteiger partial charge is 0.490 e. The lowest BCUT2D eigenvalue weighted by Gasteiger charge is -2.37. The van der Waals surface area contributed by atoms with E-state index < -0.39 is 35.5 Å². The zero-order chi connectivity index (χ0) is 23.4. The molecule has 2 aliphatic rings. The molecule has 2 N–H and O–H groups in total. The first kappa shape index (κ1) is 22.9. The Morgan fingerprint density at radius 1 is 1.03 bits per heavy atom. The number of nitrogens with zero attached hydrogens (tertiary/aromatic N) is 1. The normalized spacial score (nSPS) is 22.9. The van der Waals surface area contributed by atoms with E-state index in [1.807, 2.05) is 36.4 Å². The second-order valence-corrected chi connectivity index (χ2v) is 8.45. The molecule has 8 heteroatoms. The van der Waals surface area contributed by atoms with Gasteiger partial charge in [-0.05, 0) is 49.0 Å². The molecule has 174 valence electrons. The maximum Gasteiger partial charge on any atom is 0.247 e. The summed E-state index contributed by atoms with van der Waals surface area (Å²) in [7, 11) is 0. The Morgan fingerprint density at radius 3 is 2.48 bits per heavy atom. The summed E-state index contributed by atoms with van der Waals surface area (Å²) in [5.41, 5.74) is 3.99. The van der Waals surface area contributed by atoms with Crippen LogP contribution in [0.3, 0.4) is 0 Å². The van der Waals surface area contributed by atoms with Crippen molar-refractivity contribution in [3.05, 3.63) is 71.8 Å². The summed E-state index contributed by atoms with van der Waals surface area (Å²) in [6, 6.07) is 13.3. The van der Waals surface area contributed by atoms with Crippen LogP contribution in [0.15, 0.2) is 54.6 Å². The predicted molar refractivity (Wildman–Crippen MR) is 117 cm³/mol. The molecule has 33 heavy (non-hydrogen) atoms. The Kier molecular flexibility index (Phi) is 7.03. The monoisotopic (exact) mass is 456 g/mol. The van der Waals surface area contributed by atoms with Crippen LogP contribution in [0.25, 0.3) is 5.57 Å². The standard InChI is InChI=1S/C25H26F2N2O4/c26-22-9-7-19(15-23(22)27)33-18-6-8-20(21(14-18)24(30)28-32)25(31)29-12-10-17(11-13-29)16-4-2-1-3-5-16/h1-5,7,9-10,15,18,20-21,32H,6,8,11-14H2,(H,28,30)/t18?,20-,21-/m0/s1. The first-order valence-corrected chi connectivity index (χ1v) is 11.0. The first-order valence-electron chi connectivity index (χ1n) is 11.0. The van der Waals surface area contributed by atoms with Crippen LogP contribution in [0.4, 0.5) is 8.78 Å². The molecule has 6 nitrogen and oxygen atoms in total. The topological polar surface area (TPSA) is 78.9 Å². The summed E-state index contributed by atoms with van der Waals surface area (Å²) < 4.78 is 32.4. The fourth-order valence-electron chi connectivity index (χ4n) is 4.67. The third-order valence-corrected chi connectivity index (χ3v) is 6.43. The molecule has 1 aliphatic heterocycles. The average Bonchev–Trinajstić information content (AvgIpc) is 2.86. The number of nitrogens with one attached hydrogen (secondary N) is 1. The van der Waals surface area contributed by atoms with Crippen molar-refractivity contribution in [1.82, 2.24) is 10.4 Å². The Bertz CT molecular complexity index is 1040. The van der Waals surface area contributed by atoms with Crippen molar-refractivity contribution in [3.63, 3.8) is 0 Å². The molecule has 1 saturated carbocycles. The first-order chi connectivity index (χ1) is 16.0. The van der Waals surface area contributed by atoms with Gasteiger partial charge in [0.1, 0.15) is 5.75 Å². The van der Waals surface area contributed by atoms with Gasteiger partial charge in [0, 0.05) is 19.2 Å². The van der Waals surface area contributed by atoms with Gasteiger partial charge in [0.05, 0.1) is 17.9 Å². The van der Waals surface area contributed by atoms with Gasteiger partial charge in [-0.3, -0.25) is 14.8 Å². The van der Waals surface area contributed by atoms with Crippen LogP contribution >= 0.6 is 0 Å². The van der Waals surface area contributed by atoms with Gasteiger partial charge in [-0.25, -0.2) is 14.3 Å². The van der Waals surface area contributed by atoms with E-state index in [1.165, 1.54) is 11.6 Å². The smallest absolute Gasteiger partial charge is 0.247 e. The zero-order valence-corrected chi connectivity index (χ0v) is 18.0. The number of halogens is 2. The van der Waals surface area contributed by atoms with Gasteiger partial charge in [-0.1, -0.05) is 36.4 Å². The Balaban J connectivity index is 1.42. The van der Waals surface area contributed by atoms with Crippen LogP contribution in [0.5, 0.6) is 5.75 Å². The van der Waals surface area contributed by atoms with Crippen LogP contribution in [-0.2, 0) is 9.59 Å². The van der Waals surface area contributed by atoms with Gasteiger partial charge >= 0.3 is 0 Å². The van der Waals surface area contributed by atoms with Crippen molar-refractivity contribution < 1.29 is 28.3 Å². The van der Waals surface area contributed by atoms with Gasteiger partial charge < -0.3 is 9.64 Å². The molecular weight excluding hydrogens is 430 g/mol. The second kappa shape index (κ2) is 10.1. The van der Waals surface area contributed by atoms with Crippen LogP contribution in [0.1, 0.15) is 31.2 Å². The van der Waals surface area contributed by atoms with Crippen molar-refractivity contribution >= 4 is 17.4 Å². The van der Waals surface area contributed by atoms with E-state index in [9.17, 15) is 23.6 Å². The van der Waals surface area contributed by atoms with Gasteiger partial charge in [-0.15, -0.1) is 0 Å². The maximum atomic E-state index is 13.5. The predicted octanol–water partition coefficient (Wildman–Crippen LogP) is 3.95. The minimum absolute atomic E-state index is 0.127. The lowest BCUT2D eigenvalue weighted by atomic mass is 9.76. The highest BCUT2D eigenvalue weighted by Gasteiger charge is 2.42. The van der Waals surface area contributed by atoms with E-state index in [4.69, 9.17) is 4.74 Å². The minimum Gasteiger partial charge on any atom is -0.490 e. The SMILES string of the molecule is O=C(NO)[C@H]1CC(Oc2ccc(F)c(F)c2)CC[C@@H]1C(=O)N1CC=C(c2ccccc2)CC1. The van der Waals surface area contributed by atoms with Gasteiger partial charge in [0.25, 0.3) is 0 Å². The van der Waals surface area contributed by atoms with Gasteiger partial charge in [0.15, 0.2) is 11.6 Å². The van der Waals surface area contributed by atoms with Gasteiger partial charge in [0.2, 0.25) is 11.8 Å². The van der Waals surface area contributed by atoms with Gasteiger partial charge in [-0.2, -0.15) is 0 Å². The highest BCUT2D eigenvalue weighted by atomic mass is 19.2. The lowest BCUT2D eigenvalue weighted by Crippen LogP contribution is -2.48. The van der Waals surface area contributed by atoms with Crippen molar-refractivity contribution in [1.29, 1.82) is 0 Å². The lowest BCUT2D eigenvalue weighted by molar-refractivity contribution is -0.148. The molecule has 2 aromatic carbocycles. The van der Waals surface area contributed by atoms with E-state index in [1.54, 1.807) is 10.4 Å². The molecule has 0 bridgehead atoms. The number of benzene rings is 2. The maximum absolute atomic E-state index is 13.5. The van der Waals surface area contributed by atoms with Crippen molar-refractivity contribution in [2.45, 2.75) is 31.8 Å². The molecule has 2 aromatic rings. The summed E-state index contributed by atoms with van der Waals surface area (Å²) in [5.74, 6) is -3.99. The number of amides is 2. The molecule has 0 aromatic heterocycles. The van der Waals surface area contributed by atoms with Crippen molar-refractivity contribution in [2.24, 2.45) is 11.8 Å². The second-order valence-electron chi connectivity index (χ2n) is 8.45. The number of hydrogen-bond acceptors (Lipinski definition) is 4. The molecule has 3 atom stereocenters. The molecular formula is C25H26F2N2O4. The quantitative estimate of drug-likeness (QED) is 0.528. The molecule has 1 heterocycles. The van der Waals surface area contributed by atoms with Crippen LogP contribution in [-0.4, -0.2) is 41.1 Å². The number of ether oxygens (including phenoxy) is 1. The fraction of sp³-hybridized carbons (Fsp3) is 0.360. The summed E-state index contributed by atoms with van der Waals surface area (Å²) in [6.07, 6.45) is 3.34. The highest BCUT2D eigenvalue weighted by molar-refractivity contribution is 5.88. The molecule has 2 amide bonds. The molecule has 0 saturated heterocycles. The van der Waals surface area contributed by atoms with E-state index in [0.717, 1.165) is 24.1 Å². The Hall–Kier alpha value is -3.26. The van der Waals surface area contributed by atoms with E-state index in [0.29, 0.717) is 25.9 Å². The molecule has 1 unspecified atom stereocenters. The third kappa shape index (κ3) is 5.22. The summed E-state index contributed by atoms with van der Waals surface area (Å²) in [5, 5.41) is 9.23. The van der Waals surface area contributed by atoms with Crippen LogP contribution in [0, 0.1) is 23.5 Å². The minimum atomic E-state index is -1.02. The van der Waals surface area contributed by atoms with E-state index >= 15 is 0 Å². The van der Waals surface area contributed by atoms with Crippen molar-refractivity contribution in [2.75, 3.05) is 13.1 Å². The Morgan fingerprint density at radius 2 is 1.82 bits per heavy atom. The van der Waals surface area contributed by atoms with E-state index in [2.05, 4.69) is 0 Å². The number of carbonyl (C=O) groups excluding carboxylic acids is 2. The molecule has 1 fully saturated rings. The number of hydrogen-bond donors (Lipinski definition) is 2. The van der Waals surface area contributed by atoms with Crippen LogP contribution in [0.2, 0.25) is 0 Å². The zero-order valence-electron chi connectivity index (χ0n) is 18.0. The van der Waals surface area contributed by atoms with Crippen molar-refractivity contribution in [3.8, 4) is 5.75 Å². The highest BCUT2D eigenvalue weighted by Crippen LogP contribution is 2.35. The number of rotatable bonds is 5. The molecule has 1 aliphatic carbocycles. The molecule has 0 spiro atoms. The Labute approximate surface area is 190 Å². The number of hydroxylamine groups is 1. The third-order valence-electron chi connectivity index (χ3n) is 6.43. The van der Waals surface area contributed by atoms with E-state index in [-0.39, 0.29) is 18.1 Å². The average molecular weight is 456 g/mol.